The van der Waals surface area contributed by atoms with E-state index in [0.717, 1.165) is 5.56 Å². The normalized spacial score (nSPS) is 12.1. The Balaban J connectivity index is 2.10. The van der Waals surface area contributed by atoms with Crippen LogP contribution in [0.1, 0.15) is 28.9 Å². The minimum Gasteiger partial charge on any atom is -0.398 e. The van der Waals surface area contributed by atoms with E-state index in [4.69, 9.17) is 5.73 Å². The number of nitrogens with one attached hydrogen (secondary N) is 2. The Morgan fingerprint density at radius 2 is 2.33 bits per heavy atom. The summed E-state index contributed by atoms with van der Waals surface area (Å²) in [5, 5.41) is 9.45. The van der Waals surface area contributed by atoms with Crippen molar-refractivity contribution < 1.29 is 4.79 Å². The fourth-order valence-corrected chi connectivity index (χ4v) is 1.91. The van der Waals surface area contributed by atoms with Crippen molar-refractivity contribution in [3.8, 4) is 0 Å². The molecule has 94 valence electrons. The highest BCUT2D eigenvalue weighted by Crippen LogP contribution is 2.21. The van der Waals surface area contributed by atoms with Gasteiger partial charge >= 0.3 is 0 Å². The van der Waals surface area contributed by atoms with Crippen molar-refractivity contribution in [2.24, 2.45) is 0 Å². The second-order valence-corrected chi connectivity index (χ2v) is 4.82. The number of hydrogen-bond donors (Lipinski definition) is 3. The first-order valence-corrected chi connectivity index (χ1v) is 6.22. The van der Waals surface area contributed by atoms with Gasteiger partial charge in [0, 0.05) is 27.5 Å². The Morgan fingerprint density at radius 1 is 1.56 bits per heavy atom. The number of rotatable bonds is 3. The zero-order valence-electron chi connectivity index (χ0n) is 9.77. The Kier molecular flexibility index (Phi) is 3.66. The lowest BCUT2D eigenvalue weighted by Crippen LogP contribution is -2.26. The fraction of sp³-hybridized carbons (Fsp3) is 0.167. The summed E-state index contributed by atoms with van der Waals surface area (Å²) >= 11 is 3.30. The van der Waals surface area contributed by atoms with E-state index in [1.54, 1.807) is 30.6 Å². The first kappa shape index (κ1) is 12.6. The highest BCUT2D eigenvalue weighted by Gasteiger charge is 2.12. The third-order valence-corrected chi connectivity index (χ3v) is 3.32. The Hall–Kier alpha value is -1.82. The maximum Gasteiger partial charge on any atom is 0.251 e. The predicted octanol–water partition coefficient (Wildman–Crippen LogP) is 2.25. The average molecular weight is 309 g/mol. The minimum absolute atomic E-state index is 0.104. The van der Waals surface area contributed by atoms with Crippen LogP contribution in [-0.4, -0.2) is 16.1 Å². The lowest BCUT2D eigenvalue weighted by atomic mass is 10.1. The zero-order valence-corrected chi connectivity index (χ0v) is 11.4. The zero-order chi connectivity index (χ0) is 13.1. The third-order valence-electron chi connectivity index (χ3n) is 2.63. The van der Waals surface area contributed by atoms with Gasteiger partial charge in [0.2, 0.25) is 0 Å². The summed E-state index contributed by atoms with van der Waals surface area (Å²) in [4.78, 5) is 12.0. The molecule has 0 aliphatic rings. The van der Waals surface area contributed by atoms with E-state index in [9.17, 15) is 4.79 Å². The molecule has 0 bridgehead atoms. The largest absolute Gasteiger partial charge is 0.398 e. The van der Waals surface area contributed by atoms with Crippen LogP contribution in [0.5, 0.6) is 0 Å². The van der Waals surface area contributed by atoms with Crippen LogP contribution < -0.4 is 11.1 Å². The first-order valence-electron chi connectivity index (χ1n) is 5.42. The van der Waals surface area contributed by atoms with Crippen molar-refractivity contribution in [1.82, 2.24) is 15.5 Å². The van der Waals surface area contributed by atoms with Crippen molar-refractivity contribution in [3.05, 3.63) is 46.2 Å². The summed E-state index contributed by atoms with van der Waals surface area (Å²) in [5.74, 6) is -0.149. The molecular weight excluding hydrogens is 296 g/mol. The van der Waals surface area contributed by atoms with E-state index >= 15 is 0 Å². The van der Waals surface area contributed by atoms with Gasteiger partial charge in [-0.25, -0.2) is 0 Å². The number of aromatic nitrogens is 2. The number of hydrogen-bond acceptors (Lipinski definition) is 3. The number of aromatic amines is 1. The van der Waals surface area contributed by atoms with Gasteiger partial charge in [-0.1, -0.05) is 0 Å². The second kappa shape index (κ2) is 5.22. The fourth-order valence-electron chi connectivity index (χ4n) is 1.53. The molecule has 1 amide bonds. The molecule has 0 fully saturated rings. The van der Waals surface area contributed by atoms with Gasteiger partial charge < -0.3 is 11.1 Å². The van der Waals surface area contributed by atoms with Crippen LogP contribution in [0.3, 0.4) is 0 Å². The molecule has 4 N–H and O–H groups in total. The second-order valence-electron chi connectivity index (χ2n) is 3.96. The van der Waals surface area contributed by atoms with Gasteiger partial charge in [0.25, 0.3) is 5.91 Å². The van der Waals surface area contributed by atoms with Crippen LogP contribution in [0.4, 0.5) is 5.69 Å². The maximum atomic E-state index is 12.0. The van der Waals surface area contributed by atoms with E-state index in [0.29, 0.717) is 15.7 Å². The molecule has 1 unspecified atom stereocenters. The number of benzene rings is 1. The number of nitrogens with two attached hydrogens (primary N) is 1. The Labute approximate surface area is 113 Å². The van der Waals surface area contributed by atoms with E-state index in [1.165, 1.54) is 0 Å². The molecule has 2 aromatic rings. The SMILES string of the molecule is CC(NC(=O)c1ccc(N)c(Br)c1)c1cn[nH]c1. The number of anilines is 1. The number of nitrogen functional groups attached to an aromatic ring is 1. The molecule has 0 spiro atoms. The number of halogens is 1. The van der Waals surface area contributed by atoms with E-state index < -0.39 is 0 Å². The monoisotopic (exact) mass is 308 g/mol. The summed E-state index contributed by atoms with van der Waals surface area (Å²) < 4.78 is 0.714. The number of H-pyrrole nitrogens is 1. The molecule has 1 atom stereocenters. The summed E-state index contributed by atoms with van der Waals surface area (Å²) in [6, 6.07) is 4.98. The summed E-state index contributed by atoms with van der Waals surface area (Å²) in [5.41, 5.74) is 7.77. The molecular formula is C12H13BrN4O. The molecule has 6 heteroatoms. The van der Waals surface area contributed by atoms with Crippen molar-refractivity contribution in [2.75, 3.05) is 5.73 Å². The van der Waals surface area contributed by atoms with Gasteiger partial charge in [-0.05, 0) is 41.1 Å². The summed E-state index contributed by atoms with van der Waals surface area (Å²) in [6.45, 7) is 1.90. The topological polar surface area (TPSA) is 83.8 Å². The van der Waals surface area contributed by atoms with Crippen LogP contribution in [0.25, 0.3) is 0 Å². The maximum absolute atomic E-state index is 12.0. The predicted molar refractivity (Wildman–Crippen MR) is 73.0 cm³/mol. The van der Waals surface area contributed by atoms with Gasteiger partial charge in [-0.15, -0.1) is 0 Å². The van der Waals surface area contributed by atoms with Gasteiger partial charge in [-0.3, -0.25) is 9.89 Å². The smallest absolute Gasteiger partial charge is 0.251 e. The average Bonchev–Trinajstić information content (AvgIpc) is 2.86. The van der Waals surface area contributed by atoms with E-state index in [1.807, 2.05) is 6.92 Å². The number of amides is 1. The highest BCUT2D eigenvalue weighted by molar-refractivity contribution is 9.10. The number of carbonyl (C=O) groups is 1. The lowest BCUT2D eigenvalue weighted by Gasteiger charge is -2.12. The molecule has 5 nitrogen and oxygen atoms in total. The Morgan fingerprint density at radius 3 is 2.94 bits per heavy atom. The quantitative estimate of drug-likeness (QED) is 0.760. The lowest BCUT2D eigenvalue weighted by molar-refractivity contribution is 0.0940. The van der Waals surface area contributed by atoms with Crippen LogP contribution in [0, 0.1) is 0 Å². The number of nitrogens with zero attached hydrogens (tertiary/aromatic N) is 1. The van der Waals surface area contributed by atoms with E-state index in [-0.39, 0.29) is 11.9 Å². The molecule has 0 radical (unpaired) electrons. The van der Waals surface area contributed by atoms with Gasteiger partial charge in [-0.2, -0.15) is 5.10 Å². The van der Waals surface area contributed by atoms with Crippen LogP contribution in [-0.2, 0) is 0 Å². The van der Waals surface area contributed by atoms with E-state index in [2.05, 4.69) is 31.4 Å². The molecule has 18 heavy (non-hydrogen) atoms. The molecule has 0 aliphatic carbocycles. The van der Waals surface area contributed by atoms with Crippen LogP contribution in [0.2, 0.25) is 0 Å². The molecule has 0 aliphatic heterocycles. The molecule has 2 rings (SSSR count). The Bertz CT molecular complexity index is 553. The molecule has 0 saturated heterocycles. The third kappa shape index (κ3) is 2.70. The number of carbonyl (C=O) groups excluding carboxylic acids is 1. The molecule has 1 aromatic carbocycles. The molecule has 1 aromatic heterocycles. The molecule has 0 saturated carbocycles. The van der Waals surface area contributed by atoms with Crippen LogP contribution in [0.15, 0.2) is 35.1 Å². The summed E-state index contributed by atoms with van der Waals surface area (Å²) in [6.07, 6.45) is 3.44. The van der Waals surface area contributed by atoms with Crippen LogP contribution >= 0.6 is 15.9 Å². The minimum atomic E-state index is -0.149. The molecule has 1 heterocycles. The van der Waals surface area contributed by atoms with Gasteiger partial charge in [0.1, 0.15) is 0 Å². The van der Waals surface area contributed by atoms with Gasteiger partial charge in [0.15, 0.2) is 0 Å². The summed E-state index contributed by atoms with van der Waals surface area (Å²) in [7, 11) is 0. The van der Waals surface area contributed by atoms with Crippen molar-refractivity contribution in [2.45, 2.75) is 13.0 Å². The van der Waals surface area contributed by atoms with Crippen molar-refractivity contribution in [1.29, 1.82) is 0 Å². The highest BCUT2D eigenvalue weighted by atomic mass is 79.9. The first-order chi connectivity index (χ1) is 8.58. The van der Waals surface area contributed by atoms with Gasteiger partial charge in [0.05, 0.1) is 12.2 Å². The van der Waals surface area contributed by atoms with Crippen molar-refractivity contribution >= 4 is 27.5 Å². The van der Waals surface area contributed by atoms with Crippen molar-refractivity contribution in [3.63, 3.8) is 0 Å². The standard InChI is InChI=1S/C12H13BrN4O/c1-7(9-5-15-16-6-9)17-12(18)8-2-3-11(14)10(13)4-8/h2-7H,14H2,1H3,(H,15,16)(H,17,18).